The molecule has 3 aliphatic rings. The second-order valence-electron chi connectivity index (χ2n) is 8.67. The molecule has 1 unspecified atom stereocenters. The van der Waals surface area contributed by atoms with Crippen molar-refractivity contribution in [3.8, 4) is 0 Å². The average Bonchev–Trinajstić information content (AvgIpc) is 3.42. The lowest BCUT2D eigenvalue weighted by Gasteiger charge is -2.39. The summed E-state index contributed by atoms with van der Waals surface area (Å²) in [5.41, 5.74) is 0.110. The van der Waals surface area contributed by atoms with Crippen LogP contribution in [-0.4, -0.2) is 46.3 Å². The summed E-state index contributed by atoms with van der Waals surface area (Å²) >= 11 is 1.56. The molecule has 3 fully saturated rings. The molecule has 1 atom stereocenters. The van der Waals surface area contributed by atoms with Crippen LogP contribution in [0, 0.1) is 11.8 Å². The van der Waals surface area contributed by atoms with E-state index in [-0.39, 0.29) is 23.8 Å². The molecule has 1 aromatic heterocycles. The minimum atomic E-state index is -0.867. The summed E-state index contributed by atoms with van der Waals surface area (Å²) in [5.74, 6) is 0.742. The van der Waals surface area contributed by atoms with Gasteiger partial charge in [0.05, 0.1) is 6.54 Å². The number of urea groups is 1. The van der Waals surface area contributed by atoms with Crippen molar-refractivity contribution >= 4 is 29.2 Å². The van der Waals surface area contributed by atoms with Gasteiger partial charge in [-0.15, -0.1) is 0 Å². The van der Waals surface area contributed by atoms with Gasteiger partial charge in [-0.2, -0.15) is 11.3 Å². The Morgan fingerprint density at radius 2 is 1.93 bits per heavy atom. The largest absolute Gasteiger partial charge is 0.343 e. The smallest absolute Gasteiger partial charge is 0.325 e. The molecule has 1 aliphatic carbocycles. The molecule has 2 saturated heterocycles. The quantitative estimate of drug-likeness (QED) is 0.766. The van der Waals surface area contributed by atoms with Crippen LogP contribution in [0.25, 0.3) is 0 Å². The molecule has 3 heterocycles. The highest BCUT2D eigenvalue weighted by Crippen LogP contribution is 2.35. The molecule has 0 radical (unpaired) electrons. The summed E-state index contributed by atoms with van der Waals surface area (Å²) in [5, 5.41) is 6.87. The van der Waals surface area contributed by atoms with Gasteiger partial charge in [-0.05, 0) is 66.8 Å². The molecule has 4 amide bonds. The van der Waals surface area contributed by atoms with E-state index in [1.165, 1.54) is 30.6 Å². The van der Waals surface area contributed by atoms with E-state index in [2.05, 4.69) is 5.32 Å². The third-order valence-electron chi connectivity index (χ3n) is 6.82. The van der Waals surface area contributed by atoms with Crippen LogP contribution in [0.15, 0.2) is 16.8 Å². The molecule has 152 valence electrons. The SMILES string of the molecule is CC1(C2CCN(C(=O)CC3CCCC3)CC2)NC(=O)N(Cc2ccsc2)C1=O. The number of carbonyl (C=O) groups excluding carboxylic acids is 3. The van der Waals surface area contributed by atoms with Gasteiger partial charge >= 0.3 is 6.03 Å². The van der Waals surface area contributed by atoms with Gasteiger partial charge in [0, 0.05) is 19.5 Å². The lowest BCUT2D eigenvalue weighted by atomic mass is 9.78. The number of imide groups is 1. The number of nitrogens with one attached hydrogen (secondary N) is 1. The molecule has 28 heavy (non-hydrogen) atoms. The molecule has 1 saturated carbocycles. The molecule has 7 heteroatoms. The third-order valence-corrected chi connectivity index (χ3v) is 7.56. The maximum atomic E-state index is 13.1. The third kappa shape index (κ3) is 3.69. The maximum Gasteiger partial charge on any atom is 0.325 e. The summed E-state index contributed by atoms with van der Waals surface area (Å²) in [4.78, 5) is 41.4. The number of amides is 4. The second kappa shape index (κ2) is 7.85. The van der Waals surface area contributed by atoms with E-state index in [0.717, 1.165) is 18.4 Å². The minimum absolute atomic E-state index is 0.0620. The predicted octanol–water partition coefficient (Wildman–Crippen LogP) is 3.38. The Bertz CT molecular complexity index is 736. The van der Waals surface area contributed by atoms with Gasteiger partial charge in [0.25, 0.3) is 5.91 Å². The Labute approximate surface area is 170 Å². The Morgan fingerprint density at radius 1 is 1.21 bits per heavy atom. The summed E-state index contributed by atoms with van der Waals surface area (Å²) in [6.45, 7) is 3.53. The maximum absolute atomic E-state index is 13.1. The monoisotopic (exact) mass is 403 g/mol. The number of hydrogen-bond donors (Lipinski definition) is 1. The Morgan fingerprint density at radius 3 is 2.57 bits per heavy atom. The van der Waals surface area contributed by atoms with Crippen LogP contribution in [0.5, 0.6) is 0 Å². The zero-order valence-electron chi connectivity index (χ0n) is 16.5. The van der Waals surface area contributed by atoms with Crippen molar-refractivity contribution in [2.24, 2.45) is 11.8 Å². The van der Waals surface area contributed by atoms with Gasteiger partial charge in [0.15, 0.2) is 0 Å². The Kier molecular flexibility index (Phi) is 5.45. The van der Waals surface area contributed by atoms with Crippen molar-refractivity contribution in [3.63, 3.8) is 0 Å². The fourth-order valence-corrected chi connectivity index (χ4v) is 5.66. The lowest BCUT2D eigenvalue weighted by Crippen LogP contribution is -2.54. The van der Waals surface area contributed by atoms with E-state index in [9.17, 15) is 14.4 Å². The fraction of sp³-hybridized carbons (Fsp3) is 0.667. The first-order chi connectivity index (χ1) is 13.5. The summed E-state index contributed by atoms with van der Waals surface area (Å²) in [7, 11) is 0. The molecular weight excluding hydrogens is 374 g/mol. The summed E-state index contributed by atoms with van der Waals surface area (Å²) < 4.78 is 0. The zero-order chi connectivity index (χ0) is 19.7. The first kappa shape index (κ1) is 19.4. The van der Waals surface area contributed by atoms with Crippen LogP contribution < -0.4 is 5.32 Å². The molecule has 0 aromatic carbocycles. The number of likely N-dealkylation sites (tertiary alicyclic amines) is 1. The zero-order valence-corrected chi connectivity index (χ0v) is 17.3. The van der Waals surface area contributed by atoms with Crippen molar-refractivity contribution in [1.82, 2.24) is 15.1 Å². The van der Waals surface area contributed by atoms with Gasteiger partial charge in [-0.1, -0.05) is 12.8 Å². The summed E-state index contributed by atoms with van der Waals surface area (Å²) in [6, 6.07) is 1.63. The van der Waals surface area contributed by atoms with Crippen molar-refractivity contribution in [2.75, 3.05) is 13.1 Å². The highest BCUT2D eigenvalue weighted by Gasteiger charge is 2.52. The van der Waals surface area contributed by atoms with E-state index in [0.29, 0.717) is 32.0 Å². The van der Waals surface area contributed by atoms with Crippen LogP contribution in [-0.2, 0) is 16.1 Å². The van der Waals surface area contributed by atoms with Gasteiger partial charge in [0.1, 0.15) is 5.54 Å². The molecule has 6 nitrogen and oxygen atoms in total. The minimum Gasteiger partial charge on any atom is -0.343 e. The van der Waals surface area contributed by atoms with E-state index < -0.39 is 5.54 Å². The molecule has 4 rings (SSSR count). The molecule has 0 spiro atoms. The van der Waals surface area contributed by atoms with Crippen LogP contribution >= 0.6 is 11.3 Å². The first-order valence-electron chi connectivity index (χ1n) is 10.4. The number of thiophene rings is 1. The number of nitrogens with zero attached hydrogens (tertiary/aromatic N) is 2. The molecule has 2 aliphatic heterocycles. The van der Waals surface area contributed by atoms with E-state index in [4.69, 9.17) is 0 Å². The standard InChI is InChI=1S/C21H29N3O3S/c1-21(19(26)24(20(27)22-21)13-16-8-11-28-14-16)17-6-9-23(10-7-17)18(25)12-15-4-2-3-5-15/h8,11,14-15,17H,2-7,9-10,12-13H2,1H3,(H,22,27). The van der Waals surface area contributed by atoms with E-state index >= 15 is 0 Å². The normalized spacial score (nSPS) is 26.9. The van der Waals surface area contributed by atoms with Crippen molar-refractivity contribution in [3.05, 3.63) is 22.4 Å². The number of piperidine rings is 1. The Balaban J connectivity index is 1.35. The Hall–Kier alpha value is -1.89. The van der Waals surface area contributed by atoms with Crippen molar-refractivity contribution < 1.29 is 14.4 Å². The van der Waals surface area contributed by atoms with E-state index in [1.54, 1.807) is 11.3 Å². The molecule has 1 aromatic rings. The summed E-state index contributed by atoms with van der Waals surface area (Å²) in [6.07, 6.45) is 7.05. The van der Waals surface area contributed by atoms with Gasteiger partial charge in [0.2, 0.25) is 5.91 Å². The van der Waals surface area contributed by atoms with Crippen molar-refractivity contribution in [1.29, 1.82) is 0 Å². The number of carbonyl (C=O) groups is 3. The van der Waals surface area contributed by atoms with Crippen molar-refractivity contribution in [2.45, 2.75) is 64.0 Å². The van der Waals surface area contributed by atoms with E-state index in [1.807, 2.05) is 28.7 Å². The molecular formula is C21H29N3O3S. The second-order valence-corrected chi connectivity index (χ2v) is 9.45. The van der Waals surface area contributed by atoms with Gasteiger partial charge in [-0.3, -0.25) is 14.5 Å². The van der Waals surface area contributed by atoms with Crippen LogP contribution in [0.4, 0.5) is 4.79 Å². The van der Waals surface area contributed by atoms with Crippen LogP contribution in [0.1, 0.15) is 57.4 Å². The van der Waals surface area contributed by atoms with Gasteiger partial charge in [-0.25, -0.2) is 4.79 Å². The van der Waals surface area contributed by atoms with Crippen LogP contribution in [0.2, 0.25) is 0 Å². The average molecular weight is 404 g/mol. The lowest BCUT2D eigenvalue weighted by molar-refractivity contribution is -0.136. The van der Waals surface area contributed by atoms with Gasteiger partial charge < -0.3 is 10.2 Å². The van der Waals surface area contributed by atoms with Crippen LogP contribution in [0.3, 0.4) is 0 Å². The first-order valence-corrected chi connectivity index (χ1v) is 11.3. The predicted molar refractivity (Wildman–Crippen MR) is 108 cm³/mol. The highest BCUT2D eigenvalue weighted by atomic mass is 32.1. The molecule has 1 N–H and O–H groups in total. The highest BCUT2D eigenvalue weighted by molar-refractivity contribution is 7.07. The fourth-order valence-electron chi connectivity index (χ4n) is 5.00. The number of rotatable bonds is 5. The topological polar surface area (TPSA) is 69.7 Å². The number of hydrogen-bond acceptors (Lipinski definition) is 4. The molecule has 0 bridgehead atoms.